The Hall–Kier alpha value is -0.860. The third-order valence-corrected chi connectivity index (χ3v) is 2.43. The Bertz CT molecular complexity index is 199. The number of carbonyl (C=O) groups is 2. The first-order valence-corrected chi connectivity index (χ1v) is 5.31. The van der Waals surface area contributed by atoms with Gasteiger partial charge in [-0.25, -0.2) is 0 Å². The summed E-state index contributed by atoms with van der Waals surface area (Å²) in [5, 5.41) is 8.87. The van der Waals surface area contributed by atoms with Gasteiger partial charge in [0.15, 0.2) is 0 Å². The van der Waals surface area contributed by atoms with Crippen LogP contribution in [0.1, 0.15) is 46.5 Å². The van der Waals surface area contributed by atoms with Crippen molar-refractivity contribution in [1.29, 1.82) is 0 Å². The molecule has 2 unspecified atom stereocenters. The zero-order chi connectivity index (χ0) is 11.1. The van der Waals surface area contributed by atoms with E-state index in [1.807, 2.05) is 20.8 Å². The highest BCUT2D eigenvalue weighted by Gasteiger charge is 2.28. The van der Waals surface area contributed by atoms with E-state index in [-0.39, 0.29) is 11.7 Å². The van der Waals surface area contributed by atoms with Crippen molar-refractivity contribution in [1.82, 2.24) is 0 Å². The van der Waals surface area contributed by atoms with Crippen LogP contribution in [0.5, 0.6) is 0 Å². The number of carboxylic acid groups (broad SMARTS) is 1. The smallest absolute Gasteiger partial charge is 0.314 e. The van der Waals surface area contributed by atoms with E-state index in [9.17, 15) is 9.59 Å². The highest BCUT2D eigenvalue weighted by atomic mass is 16.4. The van der Waals surface area contributed by atoms with E-state index < -0.39 is 11.9 Å². The van der Waals surface area contributed by atoms with Crippen molar-refractivity contribution >= 4 is 11.8 Å². The largest absolute Gasteiger partial charge is 0.481 e. The Morgan fingerprint density at radius 1 is 1.14 bits per heavy atom. The SMILES string of the molecule is CCCC(C)C(=O)C(CCC)C(=O)O. The normalized spacial score (nSPS) is 14.8. The lowest BCUT2D eigenvalue weighted by molar-refractivity contribution is -0.147. The van der Waals surface area contributed by atoms with Gasteiger partial charge in [-0.05, 0) is 12.8 Å². The number of aliphatic carboxylic acids is 1. The highest BCUT2D eigenvalue weighted by Crippen LogP contribution is 2.17. The van der Waals surface area contributed by atoms with E-state index in [0.29, 0.717) is 6.42 Å². The lowest BCUT2D eigenvalue weighted by Crippen LogP contribution is -2.28. The van der Waals surface area contributed by atoms with Gasteiger partial charge in [0.25, 0.3) is 0 Å². The molecule has 14 heavy (non-hydrogen) atoms. The molecule has 82 valence electrons. The number of hydrogen-bond acceptors (Lipinski definition) is 2. The molecule has 3 heteroatoms. The molecule has 0 bridgehead atoms. The first kappa shape index (κ1) is 13.1. The summed E-state index contributed by atoms with van der Waals surface area (Å²) in [4.78, 5) is 22.5. The number of hydrogen-bond donors (Lipinski definition) is 1. The van der Waals surface area contributed by atoms with Gasteiger partial charge in [-0.2, -0.15) is 0 Å². The number of carboxylic acids is 1. The lowest BCUT2D eigenvalue weighted by atomic mass is 9.88. The maximum atomic E-state index is 11.7. The van der Waals surface area contributed by atoms with Gasteiger partial charge in [0.2, 0.25) is 0 Å². The first-order chi connectivity index (χ1) is 6.54. The first-order valence-electron chi connectivity index (χ1n) is 5.31. The minimum Gasteiger partial charge on any atom is -0.481 e. The van der Waals surface area contributed by atoms with E-state index in [1.165, 1.54) is 0 Å². The molecule has 1 N–H and O–H groups in total. The summed E-state index contributed by atoms with van der Waals surface area (Å²) in [6, 6.07) is 0. The van der Waals surface area contributed by atoms with Crippen LogP contribution in [0.25, 0.3) is 0 Å². The van der Waals surface area contributed by atoms with Crippen LogP contribution in [0.2, 0.25) is 0 Å². The van der Waals surface area contributed by atoms with Crippen molar-refractivity contribution < 1.29 is 14.7 Å². The van der Waals surface area contributed by atoms with Crippen LogP contribution in [0.3, 0.4) is 0 Å². The van der Waals surface area contributed by atoms with E-state index in [0.717, 1.165) is 19.3 Å². The minimum atomic E-state index is -0.972. The van der Waals surface area contributed by atoms with E-state index >= 15 is 0 Å². The zero-order valence-electron chi connectivity index (χ0n) is 9.25. The van der Waals surface area contributed by atoms with Gasteiger partial charge in [-0.15, -0.1) is 0 Å². The summed E-state index contributed by atoms with van der Waals surface area (Å²) in [6.07, 6.45) is 2.90. The summed E-state index contributed by atoms with van der Waals surface area (Å²) in [6.45, 7) is 5.71. The molecule has 0 heterocycles. The summed E-state index contributed by atoms with van der Waals surface area (Å²) in [5.41, 5.74) is 0. The summed E-state index contributed by atoms with van der Waals surface area (Å²) < 4.78 is 0. The molecule has 0 fully saturated rings. The molecule has 0 aromatic heterocycles. The zero-order valence-corrected chi connectivity index (χ0v) is 9.25. The van der Waals surface area contributed by atoms with Gasteiger partial charge in [0, 0.05) is 5.92 Å². The maximum Gasteiger partial charge on any atom is 0.314 e. The molecule has 0 aromatic rings. The average molecular weight is 200 g/mol. The molecule has 0 amide bonds. The van der Waals surface area contributed by atoms with Crippen LogP contribution in [0.15, 0.2) is 0 Å². The number of Topliss-reactive ketones (excluding diaryl/α,β-unsaturated/α-hetero) is 1. The van der Waals surface area contributed by atoms with Gasteiger partial charge in [0.1, 0.15) is 11.7 Å². The van der Waals surface area contributed by atoms with Crippen molar-refractivity contribution in [2.75, 3.05) is 0 Å². The standard InChI is InChI=1S/C11H20O3/c1-4-6-8(3)10(12)9(7-5-2)11(13)14/h8-9H,4-7H2,1-3H3,(H,13,14). The maximum absolute atomic E-state index is 11.7. The summed E-state index contributed by atoms with van der Waals surface area (Å²) in [5.74, 6) is -1.99. The molecular weight excluding hydrogens is 180 g/mol. The predicted octanol–water partition coefficient (Wildman–Crippen LogP) is 2.49. The third-order valence-electron chi connectivity index (χ3n) is 2.43. The highest BCUT2D eigenvalue weighted by molar-refractivity contribution is 5.99. The van der Waals surface area contributed by atoms with Gasteiger partial charge in [0.05, 0.1) is 0 Å². The topological polar surface area (TPSA) is 54.4 Å². The molecule has 0 spiro atoms. The molecule has 2 atom stereocenters. The second-order valence-corrected chi connectivity index (χ2v) is 3.77. The van der Waals surface area contributed by atoms with Gasteiger partial charge in [-0.3, -0.25) is 9.59 Å². The van der Waals surface area contributed by atoms with Crippen molar-refractivity contribution in [3.8, 4) is 0 Å². The molecule has 0 aliphatic heterocycles. The van der Waals surface area contributed by atoms with E-state index in [1.54, 1.807) is 0 Å². The third kappa shape index (κ3) is 3.90. The Balaban J connectivity index is 4.35. The van der Waals surface area contributed by atoms with E-state index in [4.69, 9.17) is 5.11 Å². The van der Waals surface area contributed by atoms with Crippen LogP contribution in [-0.2, 0) is 9.59 Å². The van der Waals surface area contributed by atoms with Gasteiger partial charge in [-0.1, -0.05) is 33.6 Å². The molecule has 0 aliphatic carbocycles. The Labute approximate surface area is 85.5 Å². The molecule has 0 saturated carbocycles. The fourth-order valence-corrected chi connectivity index (χ4v) is 1.59. The quantitative estimate of drug-likeness (QED) is 0.642. The molecular formula is C11H20O3. The second kappa shape index (κ2) is 6.57. The van der Waals surface area contributed by atoms with Crippen molar-refractivity contribution in [2.24, 2.45) is 11.8 Å². The molecule has 0 aromatic carbocycles. The van der Waals surface area contributed by atoms with Crippen molar-refractivity contribution in [3.05, 3.63) is 0 Å². The van der Waals surface area contributed by atoms with Crippen LogP contribution < -0.4 is 0 Å². The monoisotopic (exact) mass is 200 g/mol. The second-order valence-electron chi connectivity index (χ2n) is 3.77. The number of carbonyl (C=O) groups excluding carboxylic acids is 1. The average Bonchev–Trinajstić information content (AvgIpc) is 2.13. The van der Waals surface area contributed by atoms with Crippen molar-refractivity contribution in [2.45, 2.75) is 46.5 Å². The van der Waals surface area contributed by atoms with Gasteiger partial charge < -0.3 is 5.11 Å². The predicted molar refractivity (Wildman–Crippen MR) is 55.1 cm³/mol. The summed E-state index contributed by atoms with van der Waals surface area (Å²) in [7, 11) is 0. The van der Waals surface area contributed by atoms with Crippen LogP contribution in [-0.4, -0.2) is 16.9 Å². The fraction of sp³-hybridized carbons (Fsp3) is 0.818. The van der Waals surface area contributed by atoms with Crippen LogP contribution in [0.4, 0.5) is 0 Å². The Morgan fingerprint density at radius 3 is 2.00 bits per heavy atom. The minimum absolute atomic E-state index is 0.110. The van der Waals surface area contributed by atoms with Crippen molar-refractivity contribution in [3.63, 3.8) is 0 Å². The summed E-state index contributed by atoms with van der Waals surface area (Å²) >= 11 is 0. The molecule has 0 saturated heterocycles. The Kier molecular flexibility index (Phi) is 6.17. The fourth-order valence-electron chi connectivity index (χ4n) is 1.59. The van der Waals surface area contributed by atoms with Crippen LogP contribution in [0, 0.1) is 11.8 Å². The van der Waals surface area contributed by atoms with Gasteiger partial charge >= 0.3 is 5.97 Å². The number of ketones is 1. The van der Waals surface area contributed by atoms with Crippen LogP contribution >= 0.6 is 0 Å². The molecule has 0 radical (unpaired) electrons. The molecule has 0 aliphatic rings. The van der Waals surface area contributed by atoms with E-state index in [2.05, 4.69) is 0 Å². The lowest BCUT2D eigenvalue weighted by Gasteiger charge is -2.15. The Morgan fingerprint density at radius 2 is 1.64 bits per heavy atom. The molecule has 0 rings (SSSR count). The molecule has 3 nitrogen and oxygen atoms in total. The number of rotatable bonds is 7.